The number of benzene rings is 3. The summed E-state index contributed by atoms with van der Waals surface area (Å²) in [6.45, 7) is 2.26. The Balaban J connectivity index is 1.39. The molecule has 5 heteroatoms. The van der Waals surface area contributed by atoms with Crippen LogP contribution in [0.3, 0.4) is 0 Å². The molecule has 0 bridgehead atoms. The maximum absolute atomic E-state index is 12.8. The first kappa shape index (κ1) is 19.1. The molecule has 5 rings (SSSR count). The molecule has 1 aromatic heterocycles. The molecule has 0 saturated carbocycles. The second-order valence-corrected chi connectivity index (χ2v) is 7.74. The molecule has 3 aromatic carbocycles. The summed E-state index contributed by atoms with van der Waals surface area (Å²) in [5.74, 6) is 0.0341. The topological polar surface area (TPSA) is 63.2 Å². The standard InChI is InChI=1S/C26H23N3O2/c1-16-13-24(27-2)22-14-28-12-11-21(22)25(16)29-26(30)31-15-23-19-9-5-3-7-17(19)18-8-4-6-10-20(18)23/h3-14,23,27H,15H2,1-2H3,(H,29,30). The van der Waals surface area contributed by atoms with Crippen LogP contribution in [-0.2, 0) is 4.74 Å². The maximum atomic E-state index is 12.8. The Morgan fingerprint density at radius 3 is 2.35 bits per heavy atom. The lowest BCUT2D eigenvalue weighted by atomic mass is 9.98. The number of pyridine rings is 1. The number of rotatable bonds is 4. The number of fused-ring (bicyclic) bond motifs is 4. The van der Waals surface area contributed by atoms with E-state index in [1.807, 2.05) is 50.4 Å². The highest BCUT2D eigenvalue weighted by molar-refractivity contribution is 6.06. The van der Waals surface area contributed by atoms with Crippen LogP contribution in [0.1, 0.15) is 22.6 Å². The van der Waals surface area contributed by atoms with Crippen LogP contribution in [-0.4, -0.2) is 24.7 Å². The van der Waals surface area contributed by atoms with Gasteiger partial charge in [-0.1, -0.05) is 48.5 Å². The molecule has 1 heterocycles. The van der Waals surface area contributed by atoms with Crippen LogP contribution in [0.25, 0.3) is 21.9 Å². The highest BCUT2D eigenvalue weighted by atomic mass is 16.5. The number of hydrogen-bond acceptors (Lipinski definition) is 4. The third-order valence-electron chi connectivity index (χ3n) is 5.98. The van der Waals surface area contributed by atoms with Crippen molar-refractivity contribution in [2.75, 3.05) is 24.3 Å². The molecule has 0 spiro atoms. The number of nitrogens with one attached hydrogen (secondary N) is 2. The Kier molecular flexibility index (Phi) is 4.79. The van der Waals surface area contributed by atoms with Crippen molar-refractivity contribution in [3.63, 3.8) is 0 Å². The van der Waals surface area contributed by atoms with Gasteiger partial charge in [-0.2, -0.15) is 0 Å². The molecule has 0 unspecified atom stereocenters. The molecule has 2 N–H and O–H groups in total. The van der Waals surface area contributed by atoms with E-state index in [-0.39, 0.29) is 12.5 Å². The molecule has 31 heavy (non-hydrogen) atoms. The first-order valence-electron chi connectivity index (χ1n) is 10.3. The zero-order valence-corrected chi connectivity index (χ0v) is 17.5. The molecule has 5 nitrogen and oxygen atoms in total. The van der Waals surface area contributed by atoms with Crippen LogP contribution in [0.2, 0.25) is 0 Å². The summed E-state index contributed by atoms with van der Waals surface area (Å²) < 4.78 is 5.72. The average Bonchev–Trinajstić information content (AvgIpc) is 3.13. The van der Waals surface area contributed by atoms with Crippen molar-refractivity contribution < 1.29 is 9.53 Å². The smallest absolute Gasteiger partial charge is 0.411 e. The molecule has 0 saturated heterocycles. The zero-order chi connectivity index (χ0) is 21.4. The highest BCUT2D eigenvalue weighted by Crippen LogP contribution is 2.44. The van der Waals surface area contributed by atoms with Crippen molar-refractivity contribution >= 4 is 28.2 Å². The molecule has 0 radical (unpaired) electrons. The predicted octanol–water partition coefficient (Wildman–Crippen LogP) is 5.95. The lowest BCUT2D eigenvalue weighted by Gasteiger charge is -2.17. The van der Waals surface area contributed by atoms with E-state index in [9.17, 15) is 4.79 Å². The fourth-order valence-electron chi connectivity index (χ4n) is 4.52. The number of aryl methyl sites for hydroxylation is 1. The van der Waals surface area contributed by atoms with Crippen molar-refractivity contribution in [1.29, 1.82) is 0 Å². The van der Waals surface area contributed by atoms with Gasteiger partial charge in [0.2, 0.25) is 0 Å². The molecular formula is C26H23N3O2. The second kappa shape index (κ2) is 7.76. The quantitative estimate of drug-likeness (QED) is 0.437. The van der Waals surface area contributed by atoms with Crippen molar-refractivity contribution in [3.05, 3.63) is 89.7 Å². The Bertz CT molecular complexity index is 1250. The molecule has 0 fully saturated rings. The average molecular weight is 409 g/mol. The minimum Gasteiger partial charge on any atom is -0.448 e. The monoisotopic (exact) mass is 409 g/mol. The minimum atomic E-state index is -0.458. The van der Waals surface area contributed by atoms with E-state index < -0.39 is 6.09 Å². The zero-order valence-electron chi connectivity index (χ0n) is 17.5. The largest absolute Gasteiger partial charge is 0.448 e. The number of hydrogen-bond donors (Lipinski definition) is 2. The van der Waals surface area contributed by atoms with Gasteiger partial charge in [0.25, 0.3) is 0 Å². The van der Waals surface area contributed by atoms with Crippen molar-refractivity contribution in [1.82, 2.24) is 4.98 Å². The number of amides is 1. The van der Waals surface area contributed by atoms with E-state index in [0.29, 0.717) is 0 Å². The minimum absolute atomic E-state index is 0.0341. The van der Waals surface area contributed by atoms with Gasteiger partial charge in [-0.05, 0) is 46.9 Å². The van der Waals surface area contributed by atoms with E-state index >= 15 is 0 Å². The Hall–Kier alpha value is -3.86. The number of carbonyl (C=O) groups is 1. The predicted molar refractivity (Wildman–Crippen MR) is 125 cm³/mol. The molecule has 1 aliphatic rings. The lowest BCUT2D eigenvalue weighted by Crippen LogP contribution is -2.18. The van der Waals surface area contributed by atoms with E-state index in [1.54, 1.807) is 12.4 Å². The summed E-state index contributed by atoms with van der Waals surface area (Å²) >= 11 is 0. The Morgan fingerprint density at radius 1 is 1.00 bits per heavy atom. The number of aromatic nitrogens is 1. The SMILES string of the molecule is CNc1cc(C)c(NC(=O)OCC2c3ccccc3-c3ccccc32)c2ccncc12. The summed E-state index contributed by atoms with van der Waals surface area (Å²) in [4.78, 5) is 17.0. The van der Waals surface area contributed by atoms with Gasteiger partial charge in [-0.15, -0.1) is 0 Å². The van der Waals surface area contributed by atoms with E-state index in [1.165, 1.54) is 22.3 Å². The fraction of sp³-hybridized carbons (Fsp3) is 0.154. The van der Waals surface area contributed by atoms with Gasteiger partial charge in [0.1, 0.15) is 6.61 Å². The molecule has 0 aliphatic heterocycles. The molecular weight excluding hydrogens is 386 g/mol. The number of ether oxygens (including phenoxy) is 1. The molecule has 154 valence electrons. The fourth-order valence-corrected chi connectivity index (χ4v) is 4.52. The van der Waals surface area contributed by atoms with Crippen LogP contribution < -0.4 is 10.6 Å². The maximum Gasteiger partial charge on any atom is 0.411 e. The van der Waals surface area contributed by atoms with Crippen LogP contribution in [0, 0.1) is 6.92 Å². The van der Waals surface area contributed by atoms with Gasteiger partial charge in [0.15, 0.2) is 0 Å². The summed E-state index contributed by atoms with van der Waals surface area (Å²) in [5, 5.41) is 8.02. The summed E-state index contributed by atoms with van der Waals surface area (Å²) in [5.41, 5.74) is 7.49. The molecule has 0 atom stereocenters. The molecule has 1 aliphatic carbocycles. The number of carbonyl (C=O) groups excluding carboxylic acids is 1. The van der Waals surface area contributed by atoms with Crippen LogP contribution >= 0.6 is 0 Å². The van der Waals surface area contributed by atoms with Gasteiger partial charge >= 0.3 is 6.09 Å². The third kappa shape index (κ3) is 3.28. The Labute approximate surface area is 181 Å². The van der Waals surface area contributed by atoms with Crippen molar-refractivity contribution in [2.24, 2.45) is 0 Å². The lowest BCUT2D eigenvalue weighted by molar-refractivity contribution is 0.158. The van der Waals surface area contributed by atoms with Gasteiger partial charge in [-0.25, -0.2) is 4.79 Å². The van der Waals surface area contributed by atoms with E-state index in [2.05, 4.69) is 39.9 Å². The van der Waals surface area contributed by atoms with Gasteiger partial charge in [-0.3, -0.25) is 10.3 Å². The first-order valence-corrected chi connectivity index (χ1v) is 10.3. The van der Waals surface area contributed by atoms with E-state index in [4.69, 9.17) is 4.74 Å². The summed E-state index contributed by atoms with van der Waals surface area (Å²) in [6.07, 6.45) is 3.06. The van der Waals surface area contributed by atoms with Crippen molar-refractivity contribution in [2.45, 2.75) is 12.8 Å². The van der Waals surface area contributed by atoms with Crippen LogP contribution in [0.15, 0.2) is 73.1 Å². The van der Waals surface area contributed by atoms with Gasteiger partial charge < -0.3 is 10.1 Å². The molecule has 4 aromatic rings. The van der Waals surface area contributed by atoms with Gasteiger partial charge in [0.05, 0.1) is 5.69 Å². The molecule has 1 amide bonds. The summed E-state index contributed by atoms with van der Waals surface area (Å²) in [6, 6.07) is 20.5. The number of anilines is 2. The normalized spacial score (nSPS) is 12.3. The van der Waals surface area contributed by atoms with Gasteiger partial charge in [0, 0.05) is 41.8 Å². The number of nitrogens with zero attached hydrogens (tertiary/aromatic N) is 1. The van der Waals surface area contributed by atoms with Crippen LogP contribution in [0.5, 0.6) is 0 Å². The van der Waals surface area contributed by atoms with E-state index in [0.717, 1.165) is 27.7 Å². The summed E-state index contributed by atoms with van der Waals surface area (Å²) in [7, 11) is 1.87. The van der Waals surface area contributed by atoms with Crippen molar-refractivity contribution in [3.8, 4) is 11.1 Å². The van der Waals surface area contributed by atoms with Crippen LogP contribution in [0.4, 0.5) is 16.2 Å². The second-order valence-electron chi connectivity index (χ2n) is 7.74. The third-order valence-corrected chi connectivity index (χ3v) is 5.98. The Morgan fingerprint density at radius 2 is 1.68 bits per heavy atom. The first-order chi connectivity index (χ1) is 15.2. The highest BCUT2D eigenvalue weighted by Gasteiger charge is 2.29.